The number of nitrogens with zero attached hydrogens (tertiary/aromatic N) is 3. The minimum absolute atomic E-state index is 0.00167. The molecule has 4 N–H and O–H groups in total. The number of aliphatic hydroxyl groups excluding tert-OH is 2. The van der Waals surface area contributed by atoms with Crippen molar-refractivity contribution in [2.75, 3.05) is 18.5 Å². The highest BCUT2D eigenvalue weighted by Crippen LogP contribution is 2.18. The third kappa shape index (κ3) is 4.55. The van der Waals surface area contributed by atoms with Gasteiger partial charge in [-0.15, -0.1) is 0 Å². The van der Waals surface area contributed by atoms with Gasteiger partial charge in [0.25, 0.3) is 5.56 Å². The van der Waals surface area contributed by atoms with Gasteiger partial charge in [-0.2, -0.15) is 4.98 Å². The number of hydrogen-bond acceptors (Lipinski definition) is 7. The van der Waals surface area contributed by atoms with E-state index in [1.165, 1.54) is 16.2 Å². The zero-order chi connectivity index (χ0) is 22.0. The smallest absolute Gasteiger partial charge is 0.329 e. The van der Waals surface area contributed by atoms with Gasteiger partial charge in [0, 0.05) is 13.6 Å². The van der Waals surface area contributed by atoms with E-state index in [4.69, 9.17) is 4.74 Å². The Morgan fingerprint density at radius 1 is 1.23 bits per heavy atom. The maximum Gasteiger partial charge on any atom is 0.329 e. The second kappa shape index (κ2) is 8.72. The van der Waals surface area contributed by atoms with Crippen LogP contribution in [0.5, 0.6) is 5.75 Å². The Morgan fingerprint density at radius 2 is 1.97 bits per heavy atom. The standard InChI is InChI=1S/C20H27N5O5/c1-11-5-6-15(7-12(11)2)30-10-14(27)9-25-16-17(22-19(25)21-8-13(3)26)24(4)20(29)23-18(16)28/h5-7,13-14,26-27H,8-10H2,1-4H3,(H,21,22)(H,23,28,29)/t13-,14-/m0/s1. The fourth-order valence-electron chi connectivity index (χ4n) is 3.05. The van der Waals surface area contributed by atoms with Crippen LogP contribution in [0.4, 0.5) is 5.95 Å². The van der Waals surface area contributed by atoms with Gasteiger partial charge in [0.15, 0.2) is 11.2 Å². The summed E-state index contributed by atoms with van der Waals surface area (Å²) in [6.07, 6.45) is -1.61. The van der Waals surface area contributed by atoms with Gasteiger partial charge >= 0.3 is 5.69 Å². The Balaban J connectivity index is 1.87. The van der Waals surface area contributed by atoms with Crippen LogP contribution >= 0.6 is 0 Å². The first-order chi connectivity index (χ1) is 14.2. The first-order valence-electron chi connectivity index (χ1n) is 9.67. The van der Waals surface area contributed by atoms with E-state index in [2.05, 4.69) is 15.3 Å². The number of nitrogens with one attached hydrogen (secondary N) is 2. The highest BCUT2D eigenvalue weighted by atomic mass is 16.5. The molecule has 2 heterocycles. The van der Waals surface area contributed by atoms with Crippen molar-refractivity contribution in [1.29, 1.82) is 0 Å². The average molecular weight is 417 g/mol. The van der Waals surface area contributed by atoms with E-state index < -0.39 is 23.5 Å². The molecule has 3 rings (SSSR count). The van der Waals surface area contributed by atoms with Gasteiger partial charge in [0.1, 0.15) is 18.5 Å². The lowest BCUT2D eigenvalue weighted by atomic mass is 10.1. The molecule has 0 bridgehead atoms. The van der Waals surface area contributed by atoms with Crippen molar-refractivity contribution in [1.82, 2.24) is 19.1 Å². The zero-order valence-electron chi connectivity index (χ0n) is 17.5. The highest BCUT2D eigenvalue weighted by molar-refractivity contribution is 5.74. The molecule has 3 aromatic rings. The highest BCUT2D eigenvalue weighted by Gasteiger charge is 2.20. The topological polar surface area (TPSA) is 134 Å². The van der Waals surface area contributed by atoms with Crippen LogP contribution in [0.2, 0.25) is 0 Å². The number of H-pyrrole nitrogens is 1. The minimum atomic E-state index is -0.951. The molecule has 162 valence electrons. The molecule has 0 saturated heterocycles. The summed E-state index contributed by atoms with van der Waals surface area (Å²) in [5.74, 6) is 0.906. The molecule has 30 heavy (non-hydrogen) atoms. The summed E-state index contributed by atoms with van der Waals surface area (Å²) in [4.78, 5) is 30.9. The van der Waals surface area contributed by atoms with Crippen molar-refractivity contribution < 1.29 is 14.9 Å². The van der Waals surface area contributed by atoms with Crippen LogP contribution in [0.1, 0.15) is 18.1 Å². The number of aliphatic hydroxyl groups is 2. The largest absolute Gasteiger partial charge is 0.491 e. The molecule has 0 aliphatic rings. The summed E-state index contributed by atoms with van der Waals surface area (Å²) in [5, 5.41) is 23.1. The third-order valence-corrected chi connectivity index (χ3v) is 4.88. The van der Waals surface area contributed by atoms with Crippen LogP contribution in [0, 0.1) is 13.8 Å². The quantitative estimate of drug-likeness (QED) is 0.413. The van der Waals surface area contributed by atoms with E-state index in [0.717, 1.165) is 11.1 Å². The molecule has 2 aromatic heterocycles. The van der Waals surface area contributed by atoms with Gasteiger partial charge in [-0.25, -0.2) is 4.79 Å². The monoisotopic (exact) mass is 417 g/mol. The first-order valence-corrected chi connectivity index (χ1v) is 9.67. The molecule has 0 unspecified atom stereocenters. The van der Waals surface area contributed by atoms with Crippen molar-refractivity contribution in [3.63, 3.8) is 0 Å². The Labute approximate surface area is 172 Å². The van der Waals surface area contributed by atoms with E-state index >= 15 is 0 Å². The molecule has 0 aliphatic heterocycles. The molecule has 0 spiro atoms. The number of ether oxygens (including phenoxy) is 1. The van der Waals surface area contributed by atoms with Crippen LogP contribution in [0.25, 0.3) is 11.2 Å². The predicted octanol–water partition coefficient (Wildman–Crippen LogP) is 0.273. The van der Waals surface area contributed by atoms with Crippen molar-refractivity contribution in [3.05, 3.63) is 50.2 Å². The van der Waals surface area contributed by atoms with Crippen molar-refractivity contribution in [3.8, 4) is 5.75 Å². The number of aromatic amines is 1. The Kier molecular flexibility index (Phi) is 6.28. The summed E-state index contributed by atoms with van der Waals surface area (Å²) in [6.45, 7) is 5.78. The van der Waals surface area contributed by atoms with E-state index in [-0.39, 0.29) is 36.8 Å². The van der Waals surface area contributed by atoms with E-state index in [0.29, 0.717) is 5.75 Å². The van der Waals surface area contributed by atoms with Gasteiger partial charge in [0.05, 0.1) is 12.6 Å². The first kappa shape index (κ1) is 21.6. The Bertz CT molecular complexity index is 1160. The summed E-state index contributed by atoms with van der Waals surface area (Å²) in [7, 11) is 1.50. The van der Waals surface area contributed by atoms with E-state index in [1.54, 1.807) is 6.92 Å². The molecule has 1 aromatic carbocycles. The van der Waals surface area contributed by atoms with Crippen LogP contribution in [-0.4, -0.2) is 54.7 Å². The number of hydrogen-bond donors (Lipinski definition) is 4. The maximum atomic E-state index is 12.4. The normalized spacial score (nSPS) is 13.4. The number of rotatable bonds is 8. The molecular formula is C20H27N5O5. The van der Waals surface area contributed by atoms with Crippen LogP contribution < -0.4 is 21.3 Å². The molecule has 2 atom stereocenters. The molecule has 0 fully saturated rings. The Morgan fingerprint density at radius 3 is 2.63 bits per heavy atom. The van der Waals surface area contributed by atoms with Gasteiger partial charge in [-0.1, -0.05) is 6.07 Å². The Hall–Kier alpha value is -3.11. The minimum Gasteiger partial charge on any atom is -0.491 e. The molecule has 0 radical (unpaired) electrons. The average Bonchev–Trinajstić information content (AvgIpc) is 3.04. The van der Waals surface area contributed by atoms with E-state index in [9.17, 15) is 19.8 Å². The number of anilines is 1. The lowest BCUT2D eigenvalue weighted by Crippen LogP contribution is -2.31. The maximum absolute atomic E-state index is 12.4. The van der Waals surface area contributed by atoms with Gasteiger partial charge < -0.3 is 24.8 Å². The van der Waals surface area contributed by atoms with Gasteiger partial charge in [0.2, 0.25) is 5.95 Å². The van der Waals surface area contributed by atoms with Crippen molar-refractivity contribution >= 4 is 17.1 Å². The summed E-state index contributed by atoms with van der Waals surface area (Å²) < 4.78 is 8.40. The van der Waals surface area contributed by atoms with Crippen molar-refractivity contribution in [2.45, 2.75) is 39.5 Å². The van der Waals surface area contributed by atoms with Crippen LogP contribution in [0.15, 0.2) is 27.8 Å². The number of benzene rings is 1. The molecule has 0 aliphatic carbocycles. The molecule has 10 heteroatoms. The number of aryl methyl sites for hydroxylation is 3. The SMILES string of the molecule is Cc1ccc(OC[C@@H](O)Cn2c(NC[C@H](C)O)nc3c2c(=O)[nH]c(=O)n3C)cc1C. The molecule has 10 nitrogen and oxygen atoms in total. The van der Waals surface area contributed by atoms with Crippen LogP contribution in [0.3, 0.4) is 0 Å². The molecule has 0 saturated carbocycles. The van der Waals surface area contributed by atoms with Crippen molar-refractivity contribution in [2.24, 2.45) is 7.05 Å². The fraction of sp³-hybridized carbons (Fsp3) is 0.450. The summed E-state index contributed by atoms with van der Waals surface area (Å²) in [6, 6.07) is 5.67. The zero-order valence-corrected chi connectivity index (χ0v) is 17.5. The summed E-state index contributed by atoms with van der Waals surface area (Å²) in [5.41, 5.74) is 1.37. The molecule has 0 amide bonds. The van der Waals surface area contributed by atoms with Gasteiger partial charge in [-0.05, 0) is 44.0 Å². The second-order valence-electron chi connectivity index (χ2n) is 7.48. The molecular weight excluding hydrogens is 390 g/mol. The number of aromatic nitrogens is 4. The van der Waals surface area contributed by atoms with Gasteiger partial charge in [-0.3, -0.25) is 14.3 Å². The van der Waals surface area contributed by atoms with E-state index in [1.807, 2.05) is 32.0 Å². The fourth-order valence-corrected chi connectivity index (χ4v) is 3.05. The summed E-state index contributed by atoms with van der Waals surface area (Å²) >= 11 is 0. The number of fused-ring (bicyclic) bond motifs is 1. The predicted molar refractivity (Wildman–Crippen MR) is 113 cm³/mol. The lowest BCUT2D eigenvalue weighted by Gasteiger charge is -2.16. The third-order valence-electron chi connectivity index (χ3n) is 4.88. The second-order valence-corrected chi connectivity index (χ2v) is 7.48. The number of imidazole rings is 1. The lowest BCUT2D eigenvalue weighted by molar-refractivity contribution is 0.0937. The van der Waals surface area contributed by atoms with Crippen LogP contribution in [-0.2, 0) is 13.6 Å².